The number of thiazole rings is 1. The molecule has 1 N–H and O–H groups in total. The summed E-state index contributed by atoms with van der Waals surface area (Å²) in [5, 5.41) is 4.95. The largest absolute Gasteiger partial charge is 0.309 e. The van der Waals surface area contributed by atoms with E-state index in [2.05, 4.69) is 17.2 Å². The van der Waals surface area contributed by atoms with Crippen LogP contribution in [0.1, 0.15) is 80.5 Å². The average Bonchev–Trinajstić information content (AvgIpc) is 2.84. The number of hydrogen-bond donors (Lipinski definition) is 1. The minimum Gasteiger partial charge on any atom is -0.309 e. The molecule has 20 heavy (non-hydrogen) atoms. The molecule has 1 aromatic heterocycles. The Bertz CT molecular complexity index is 350. The van der Waals surface area contributed by atoms with Gasteiger partial charge in [-0.1, -0.05) is 57.8 Å². The molecule has 1 heterocycles. The van der Waals surface area contributed by atoms with Gasteiger partial charge in [-0.05, 0) is 19.8 Å². The van der Waals surface area contributed by atoms with Crippen LogP contribution in [-0.4, -0.2) is 11.0 Å². The molecule has 1 aliphatic rings. The number of aromatic nitrogens is 1. The SMILES string of the molecule is Cc1ncc(CNC2CCCCCCCCCCC2)s1. The standard InChI is InChI=1S/C17H30N2S/c1-15-18-13-17(20-15)14-19-16-11-9-7-5-3-2-4-6-8-10-12-16/h13,16,19H,2-12,14H2,1H3. The lowest BCUT2D eigenvalue weighted by molar-refractivity contribution is 0.404. The van der Waals surface area contributed by atoms with Gasteiger partial charge in [-0.15, -0.1) is 11.3 Å². The molecule has 2 rings (SSSR count). The van der Waals surface area contributed by atoms with Gasteiger partial charge in [0.1, 0.15) is 0 Å². The smallest absolute Gasteiger partial charge is 0.0897 e. The molecule has 1 aromatic rings. The van der Waals surface area contributed by atoms with E-state index in [9.17, 15) is 0 Å². The molecule has 0 unspecified atom stereocenters. The molecular formula is C17H30N2S. The van der Waals surface area contributed by atoms with Crippen LogP contribution in [0.5, 0.6) is 0 Å². The fourth-order valence-electron chi connectivity index (χ4n) is 3.10. The zero-order valence-electron chi connectivity index (χ0n) is 13.0. The predicted molar refractivity (Wildman–Crippen MR) is 88.3 cm³/mol. The Balaban J connectivity index is 1.73. The van der Waals surface area contributed by atoms with Gasteiger partial charge in [-0.3, -0.25) is 0 Å². The first-order valence-electron chi connectivity index (χ1n) is 8.49. The van der Waals surface area contributed by atoms with Gasteiger partial charge in [0.05, 0.1) is 5.01 Å². The summed E-state index contributed by atoms with van der Waals surface area (Å²) < 4.78 is 0. The lowest BCUT2D eigenvalue weighted by atomic mass is 9.98. The molecule has 0 aromatic carbocycles. The van der Waals surface area contributed by atoms with Gasteiger partial charge in [0, 0.05) is 23.7 Å². The molecule has 0 atom stereocenters. The van der Waals surface area contributed by atoms with Gasteiger partial charge >= 0.3 is 0 Å². The molecule has 0 bridgehead atoms. The van der Waals surface area contributed by atoms with Gasteiger partial charge in [-0.25, -0.2) is 4.98 Å². The topological polar surface area (TPSA) is 24.9 Å². The Morgan fingerprint density at radius 3 is 2.05 bits per heavy atom. The Labute approximate surface area is 128 Å². The zero-order valence-corrected chi connectivity index (χ0v) is 13.8. The third kappa shape index (κ3) is 6.36. The molecular weight excluding hydrogens is 264 g/mol. The van der Waals surface area contributed by atoms with Crippen molar-refractivity contribution < 1.29 is 0 Å². The minimum atomic E-state index is 0.719. The van der Waals surface area contributed by atoms with Crippen molar-refractivity contribution in [3.05, 3.63) is 16.1 Å². The highest BCUT2D eigenvalue weighted by Crippen LogP contribution is 2.18. The first kappa shape index (κ1) is 16.0. The minimum absolute atomic E-state index is 0.719. The molecule has 3 heteroatoms. The number of nitrogens with one attached hydrogen (secondary N) is 1. The van der Waals surface area contributed by atoms with E-state index in [1.165, 1.54) is 80.5 Å². The van der Waals surface area contributed by atoms with Crippen molar-refractivity contribution in [2.45, 2.75) is 90.1 Å². The molecule has 1 fully saturated rings. The first-order chi connectivity index (χ1) is 9.84. The van der Waals surface area contributed by atoms with Crippen LogP contribution in [-0.2, 0) is 6.54 Å². The Morgan fingerprint density at radius 1 is 1.00 bits per heavy atom. The first-order valence-corrected chi connectivity index (χ1v) is 9.31. The van der Waals surface area contributed by atoms with Crippen molar-refractivity contribution >= 4 is 11.3 Å². The second-order valence-electron chi connectivity index (χ2n) is 6.18. The monoisotopic (exact) mass is 294 g/mol. The highest BCUT2D eigenvalue weighted by molar-refractivity contribution is 7.11. The van der Waals surface area contributed by atoms with Crippen LogP contribution in [0, 0.1) is 6.92 Å². The van der Waals surface area contributed by atoms with E-state index in [1.807, 2.05) is 17.5 Å². The highest BCUT2D eigenvalue weighted by Gasteiger charge is 2.09. The van der Waals surface area contributed by atoms with Crippen LogP contribution >= 0.6 is 11.3 Å². The quantitative estimate of drug-likeness (QED) is 0.827. The van der Waals surface area contributed by atoms with Crippen LogP contribution in [0.25, 0.3) is 0 Å². The Kier molecular flexibility index (Phi) is 7.60. The van der Waals surface area contributed by atoms with Crippen molar-refractivity contribution in [3.8, 4) is 0 Å². The van der Waals surface area contributed by atoms with Crippen LogP contribution in [0.15, 0.2) is 6.20 Å². The summed E-state index contributed by atoms with van der Waals surface area (Å²) >= 11 is 1.83. The molecule has 1 aliphatic carbocycles. The number of aryl methyl sites for hydroxylation is 1. The maximum absolute atomic E-state index is 4.34. The van der Waals surface area contributed by atoms with E-state index < -0.39 is 0 Å². The zero-order chi connectivity index (χ0) is 14.0. The Morgan fingerprint density at radius 2 is 1.55 bits per heavy atom. The van der Waals surface area contributed by atoms with E-state index in [1.54, 1.807) is 0 Å². The predicted octanol–water partition coefficient (Wildman–Crippen LogP) is 5.21. The molecule has 0 spiro atoms. The van der Waals surface area contributed by atoms with E-state index in [0.29, 0.717) is 0 Å². The summed E-state index contributed by atoms with van der Waals surface area (Å²) in [4.78, 5) is 5.73. The lowest BCUT2D eigenvalue weighted by Gasteiger charge is -2.19. The summed E-state index contributed by atoms with van der Waals surface area (Å²) in [6, 6.07) is 0.719. The molecule has 0 aliphatic heterocycles. The molecule has 0 radical (unpaired) electrons. The summed E-state index contributed by atoms with van der Waals surface area (Å²) in [7, 11) is 0. The normalized spacial score (nSPS) is 20.2. The summed E-state index contributed by atoms with van der Waals surface area (Å²) in [5.41, 5.74) is 0. The average molecular weight is 295 g/mol. The number of hydrogen-bond acceptors (Lipinski definition) is 3. The summed E-state index contributed by atoms with van der Waals surface area (Å²) in [6.07, 6.45) is 17.7. The van der Waals surface area contributed by atoms with Crippen molar-refractivity contribution in [1.82, 2.24) is 10.3 Å². The summed E-state index contributed by atoms with van der Waals surface area (Å²) in [5.74, 6) is 0. The Hall–Kier alpha value is -0.410. The van der Waals surface area contributed by atoms with Crippen LogP contribution in [0.4, 0.5) is 0 Å². The molecule has 2 nitrogen and oxygen atoms in total. The van der Waals surface area contributed by atoms with E-state index >= 15 is 0 Å². The van der Waals surface area contributed by atoms with Crippen molar-refractivity contribution in [2.75, 3.05) is 0 Å². The van der Waals surface area contributed by atoms with E-state index in [4.69, 9.17) is 0 Å². The maximum atomic E-state index is 4.34. The lowest BCUT2D eigenvalue weighted by Crippen LogP contribution is -2.28. The second kappa shape index (κ2) is 9.51. The number of rotatable bonds is 3. The molecule has 114 valence electrons. The van der Waals surface area contributed by atoms with Gasteiger partial charge in [0.15, 0.2) is 0 Å². The summed E-state index contributed by atoms with van der Waals surface area (Å²) in [6.45, 7) is 3.10. The van der Waals surface area contributed by atoms with Crippen LogP contribution in [0.3, 0.4) is 0 Å². The van der Waals surface area contributed by atoms with Crippen LogP contribution in [0.2, 0.25) is 0 Å². The van der Waals surface area contributed by atoms with Crippen molar-refractivity contribution in [1.29, 1.82) is 0 Å². The van der Waals surface area contributed by atoms with E-state index in [0.717, 1.165) is 12.6 Å². The fourth-order valence-corrected chi connectivity index (χ4v) is 3.85. The van der Waals surface area contributed by atoms with E-state index in [-0.39, 0.29) is 0 Å². The highest BCUT2D eigenvalue weighted by atomic mass is 32.1. The van der Waals surface area contributed by atoms with Gasteiger partial charge in [0.25, 0.3) is 0 Å². The second-order valence-corrected chi connectivity index (χ2v) is 7.50. The number of nitrogens with zero attached hydrogens (tertiary/aromatic N) is 1. The van der Waals surface area contributed by atoms with Crippen LogP contribution < -0.4 is 5.32 Å². The third-order valence-electron chi connectivity index (χ3n) is 4.34. The van der Waals surface area contributed by atoms with Crippen molar-refractivity contribution in [2.24, 2.45) is 0 Å². The van der Waals surface area contributed by atoms with Gasteiger partial charge < -0.3 is 5.32 Å². The third-order valence-corrected chi connectivity index (χ3v) is 5.25. The fraction of sp³-hybridized carbons (Fsp3) is 0.824. The molecule has 0 amide bonds. The van der Waals surface area contributed by atoms with Crippen molar-refractivity contribution in [3.63, 3.8) is 0 Å². The van der Waals surface area contributed by atoms with Gasteiger partial charge in [-0.2, -0.15) is 0 Å². The molecule has 1 saturated carbocycles. The molecule has 0 saturated heterocycles. The van der Waals surface area contributed by atoms with Gasteiger partial charge in [0.2, 0.25) is 0 Å². The maximum Gasteiger partial charge on any atom is 0.0897 e.